The lowest BCUT2D eigenvalue weighted by Crippen LogP contribution is -2.32. The van der Waals surface area contributed by atoms with E-state index in [1.165, 1.54) is 0 Å². The van der Waals surface area contributed by atoms with Gasteiger partial charge >= 0.3 is 18.2 Å². The number of esters is 1. The van der Waals surface area contributed by atoms with E-state index in [-0.39, 0.29) is 0 Å². The van der Waals surface area contributed by atoms with E-state index in [2.05, 4.69) is 10.1 Å². The lowest BCUT2D eigenvalue weighted by atomic mass is 10.1. The molecule has 0 heterocycles. The van der Waals surface area contributed by atoms with Crippen LogP contribution in [0.4, 0.5) is 28.0 Å². The van der Waals surface area contributed by atoms with Crippen molar-refractivity contribution in [3.8, 4) is 5.75 Å². The number of anilines is 1. The zero-order chi connectivity index (χ0) is 20.3. The van der Waals surface area contributed by atoms with Gasteiger partial charge in [0.05, 0.1) is 12.8 Å². The van der Waals surface area contributed by atoms with Gasteiger partial charge < -0.3 is 14.2 Å². The van der Waals surface area contributed by atoms with E-state index >= 15 is 0 Å². The maximum atomic E-state index is 14.1. The Morgan fingerprint density at radius 3 is 2.19 bits per heavy atom. The molecule has 10 heteroatoms. The fourth-order valence-electron chi connectivity index (χ4n) is 1.69. The second-order valence-corrected chi connectivity index (χ2v) is 6.25. The molecular formula is C16H19F4NO5. The van der Waals surface area contributed by atoms with Gasteiger partial charge in [0.25, 0.3) is 0 Å². The molecule has 0 fully saturated rings. The average molecular weight is 381 g/mol. The summed E-state index contributed by atoms with van der Waals surface area (Å²) in [6.45, 7) is 5.43. The molecule has 26 heavy (non-hydrogen) atoms. The van der Waals surface area contributed by atoms with E-state index in [0.29, 0.717) is 13.0 Å². The van der Waals surface area contributed by atoms with Crippen LogP contribution in [0.15, 0.2) is 12.1 Å². The van der Waals surface area contributed by atoms with Gasteiger partial charge in [0.15, 0.2) is 6.10 Å². The molecule has 1 atom stereocenters. The summed E-state index contributed by atoms with van der Waals surface area (Å²) in [5.41, 5.74) is -1.96. The van der Waals surface area contributed by atoms with Crippen molar-refractivity contribution in [1.29, 1.82) is 0 Å². The fraction of sp³-hybridized carbons (Fsp3) is 0.500. The molecule has 0 aliphatic carbocycles. The quantitative estimate of drug-likeness (QED) is 0.622. The molecule has 0 spiro atoms. The smallest absolute Gasteiger partial charge is 0.425 e. The highest BCUT2D eigenvalue weighted by atomic mass is 19.4. The Balaban J connectivity index is 3.24. The minimum Gasteiger partial charge on any atom is -0.480 e. The largest absolute Gasteiger partial charge is 0.480 e. The molecule has 1 N–H and O–H groups in total. The van der Waals surface area contributed by atoms with Crippen LogP contribution < -0.4 is 10.1 Å². The van der Waals surface area contributed by atoms with Gasteiger partial charge in [0.2, 0.25) is 0 Å². The summed E-state index contributed by atoms with van der Waals surface area (Å²) >= 11 is 0. The third-order valence-corrected chi connectivity index (χ3v) is 2.87. The van der Waals surface area contributed by atoms with E-state index < -0.39 is 52.8 Å². The summed E-state index contributed by atoms with van der Waals surface area (Å²) in [5, 5.41) is 2.05. The first kappa shape index (κ1) is 21.5. The van der Waals surface area contributed by atoms with Crippen molar-refractivity contribution in [3.05, 3.63) is 23.5 Å². The van der Waals surface area contributed by atoms with Gasteiger partial charge in [0.1, 0.15) is 22.7 Å². The van der Waals surface area contributed by atoms with E-state index in [1.54, 1.807) is 20.8 Å². The van der Waals surface area contributed by atoms with Gasteiger partial charge in [-0.05, 0) is 33.8 Å². The van der Waals surface area contributed by atoms with E-state index in [1.807, 2.05) is 0 Å². The molecule has 1 aromatic carbocycles. The molecule has 146 valence electrons. The van der Waals surface area contributed by atoms with Crippen LogP contribution in [-0.2, 0) is 9.47 Å². The molecule has 1 aromatic rings. The first-order valence-electron chi connectivity index (χ1n) is 7.40. The molecule has 1 rings (SSSR count). The lowest BCUT2D eigenvalue weighted by molar-refractivity contribution is -0.189. The number of hydrogen-bond acceptors (Lipinski definition) is 5. The highest BCUT2D eigenvalue weighted by Crippen LogP contribution is 2.31. The Kier molecular flexibility index (Phi) is 6.45. The summed E-state index contributed by atoms with van der Waals surface area (Å²) in [5.74, 6) is -2.78. The van der Waals surface area contributed by atoms with Crippen LogP contribution in [-0.4, -0.2) is 37.1 Å². The van der Waals surface area contributed by atoms with Crippen molar-refractivity contribution in [2.24, 2.45) is 0 Å². The predicted molar refractivity (Wildman–Crippen MR) is 83.7 cm³/mol. The molecule has 0 aromatic heterocycles. The van der Waals surface area contributed by atoms with Crippen LogP contribution in [0.1, 0.15) is 38.1 Å². The molecule has 6 nitrogen and oxygen atoms in total. The molecule has 0 saturated heterocycles. The first-order chi connectivity index (χ1) is 11.7. The lowest BCUT2D eigenvalue weighted by Gasteiger charge is -2.21. The molecule has 0 bridgehead atoms. The minimum absolute atomic E-state index is 0.517. The summed E-state index contributed by atoms with van der Waals surface area (Å²) in [7, 11) is 0.976. The molecule has 1 unspecified atom stereocenters. The SMILES string of the molecule is COC(=O)c1cc(F)c(NC(=O)OC(C)(C)C)cc1OC(C)C(F)(F)F. The maximum Gasteiger partial charge on any atom is 0.425 e. The molecule has 1 amide bonds. The maximum absolute atomic E-state index is 14.1. The average Bonchev–Trinajstić information content (AvgIpc) is 2.46. The summed E-state index contributed by atoms with van der Waals surface area (Å²) < 4.78 is 66.4. The van der Waals surface area contributed by atoms with Gasteiger partial charge in [-0.25, -0.2) is 14.0 Å². The zero-order valence-corrected chi connectivity index (χ0v) is 14.8. The number of nitrogens with one attached hydrogen (secondary N) is 1. The van der Waals surface area contributed by atoms with Gasteiger partial charge in [-0.1, -0.05) is 0 Å². The van der Waals surface area contributed by atoms with Crippen LogP contribution >= 0.6 is 0 Å². The number of benzene rings is 1. The van der Waals surface area contributed by atoms with Crippen LogP contribution in [0.5, 0.6) is 5.75 Å². The molecule has 0 aliphatic heterocycles. The first-order valence-corrected chi connectivity index (χ1v) is 7.40. The van der Waals surface area contributed by atoms with E-state index in [0.717, 1.165) is 13.2 Å². The number of carbonyl (C=O) groups excluding carboxylic acids is 2. The Labute approximate surface area is 147 Å². The monoisotopic (exact) mass is 381 g/mol. The van der Waals surface area contributed by atoms with Crippen molar-refractivity contribution in [1.82, 2.24) is 0 Å². The van der Waals surface area contributed by atoms with Crippen molar-refractivity contribution in [3.63, 3.8) is 0 Å². The van der Waals surface area contributed by atoms with Crippen molar-refractivity contribution < 1.29 is 41.4 Å². The van der Waals surface area contributed by atoms with Crippen LogP contribution in [0.3, 0.4) is 0 Å². The summed E-state index contributed by atoms with van der Waals surface area (Å²) in [6.07, 6.45) is -8.04. The minimum atomic E-state index is -4.72. The Morgan fingerprint density at radius 2 is 1.73 bits per heavy atom. The van der Waals surface area contributed by atoms with Crippen LogP contribution in [0.2, 0.25) is 0 Å². The van der Waals surface area contributed by atoms with E-state index in [4.69, 9.17) is 9.47 Å². The predicted octanol–water partition coefficient (Wildman–Crippen LogP) is 4.29. The van der Waals surface area contributed by atoms with Crippen LogP contribution in [0, 0.1) is 5.82 Å². The number of halogens is 4. The molecule has 0 radical (unpaired) electrons. The molecule has 0 aliphatic rings. The third kappa shape index (κ3) is 6.08. The van der Waals surface area contributed by atoms with Crippen LogP contribution in [0.25, 0.3) is 0 Å². The summed E-state index contributed by atoms with van der Waals surface area (Å²) in [6, 6.07) is 1.37. The van der Waals surface area contributed by atoms with Crippen molar-refractivity contribution >= 4 is 17.7 Å². The summed E-state index contributed by atoms with van der Waals surface area (Å²) in [4.78, 5) is 23.4. The topological polar surface area (TPSA) is 73.9 Å². The van der Waals surface area contributed by atoms with Gasteiger partial charge in [-0.2, -0.15) is 13.2 Å². The highest BCUT2D eigenvalue weighted by molar-refractivity contribution is 5.94. The second-order valence-electron chi connectivity index (χ2n) is 6.25. The number of carbonyl (C=O) groups is 2. The number of amides is 1. The Bertz CT molecular complexity index is 682. The molecule has 0 saturated carbocycles. The zero-order valence-electron chi connectivity index (χ0n) is 14.8. The van der Waals surface area contributed by atoms with Crippen molar-refractivity contribution in [2.75, 3.05) is 12.4 Å². The number of methoxy groups -OCH3 is 1. The number of hydrogen-bond donors (Lipinski definition) is 1. The Hall–Kier alpha value is -2.52. The number of ether oxygens (including phenoxy) is 3. The third-order valence-electron chi connectivity index (χ3n) is 2.87. The van der Waals surface area contributed by atoms with Gasteiger partial charge in [0, 0.05) is 6.07 Å². The number of rotatable bonds is 4. The standard InChI is InChI=1S/C16H19F4NO5/c1-8(16(18,19)20)25-12-7-11(21-14(23)26-15(2,3)4)10(17)6-9(12)13(22)24-5/h6-8H,1-5H3,(H,21,23). The fourth-order valence-corrected chi connectivity index (χ4v) is 1.69. The van der Waals surface area contributed by atoms with Crippen molar-refractivity contribution in [2.45, 2.75) is 45.6 Å². The Morgan fingerprint density at radius 1 is 1.15 bits per heavy atom. The van der Waals surface area contributed by atoms with E-state index in [9.17, 15) is 27.2 Å². The van der Waals surface area contributed by atoms with Gasteiger partial charge in [-0.15, -0.1) is 0 Å². The number of alkyl halides is 3. The highest BCUT2D eigenvalue weighted by Gasteiger charge is 2.39. The normalized spacial score (nSPS) is 13.0. The molecular weight excluding hydrogens is 362 g/mol. The van der Waals surface area contributed by atoms with Gasteiger partial charge in [-0.3, -0.25) is 5.32 Å². The second kappa shape index (κ2) is 7.79.